The number of methoxy groups -OCH3 is 1. The molecule has 2 aliphatic heterocycles. The molecule has 1 saturated heterocycles. The average molecular weight is 281 g/mol. The summed E-state index contributed by atoms with van der Waals surface area (Å²) >= 11 is 0. The van der Waals surface area contributed by atoms with E-state index in [0.717, 1.165) is 39.3 Å². The Hall–Kier alpha value is -0.910. The van der Waals surface area contributed by atoms with Crippen LogP contribution in [-0.2, 0) is 9.53 Å². The highest BCUT2D eigenvalue weighted by molar-refractivity contribution is 5.84. The van der Waals surface area contributed by atoms with Gasteiger partial charge in [-0.25, -0.2) is 0 Å². The molecule has 2 rings (SSSR count). The summed E-state index contributed by atoms with van der Waals surface area (Å²) in [4.78, 5) is 16.5. The lowest BCUT2D eigenvalue weighted by molar-refractivity contribution is -0.131. The summed E-state index contributed by atoms with van der Waals surface area (Å²) in [5.74, 6) is 0.827. The molecule has 0 aromatic heterocycles. The average Bonchev–Trinajstić information content (AvgIpc) is 3.00. The van der Waals surface area contributed by atoms with E-state index in [1.165, 1.54) is 12.8 Å². The molecule has 20 heavy (non-hydrogen) atoms. The summed E-state index contributed by atoms with van der Waals surface area (Å²) in [7, 11) is 3.67. The Morgan fingerprint density at radius 1 is 1.45 bits per heavy atom. The summed E-state index contributed by atoms with van der Waals surface area (Å²) in [5.41, 5.74) is 0. The van der Waals surface area contributed by atoms with E-state index in [4.69, 9.17) is 4.74 Å². The molecule has 0 aromatic carbocycles. The Morgan fingerprint density at radius 2 is 2.20 bits per heavy atom. The van der Waals surface area contributed by atoms with E-state index >= 15 is 0 Å². The number of nitrogens with one attached hydrogen (secondary N) is 1. The van der Waals surface area contributed by atoms with E-state index in [2.05, 4.69) is 10.2 Å². The van der Waals surface area contributed by atoms with Gasteiger partial charge in [-0.1, -0.05) is 12.2 Å². The number of carbonyl (C=O) groups excluding carboxylic acids is 1. The van der Waals surface area contributed by atoms with Crippen molar-refractivity contribution in [1.82, 2.24) is 15.1 Å². The van der Waals surface area contributed by atoms with Crippen LogP contribution >= 0.6 is 0 Å². The normalized spacial score (nSPS) is 24.2. The Labute approximate surface area is 121 Å². The summed E-state index contributed by atoms with van der Waals surface area (Å²) in [6, 6.07) is -0.109. The monoisotopic (exact) mass is 281 g/mol. The van der Waals surface area contributed by atoms with Crippen molar-refractivity contribution in [2.45, 2.75) is 18.9 Å². The molecule has 1 amide bonds. The van der Waals surface area contributed by atoms with Crippen LogP contribution in [0.15, 0.2) is 12.2 Å². The van der Waals surface area contributed by atoms with Gasteiger partial charge >= 0.3 is 0 Å². The molecular formula is C15H27N3O2. The van der Waals surface area contributed by atoms with Crippen molar-refractivity contribution < 1.29 is 9.53 Å². The van der Waals surface area contributed by atoms with Crippen molar-refractivity contribution in [3.05, 3.63) is 12.2 Å². The molecule has 1 unspecified atom stereocenters. The lowest BCUT2D eigenvalue weighted by Crippen LogP contribution is -2.45. The molecule has 5 heteroatoms. The zero-order valence-corrected chi connectivity index (χ0v) is 12.7. The first-order valence-electron chi connectivity index (χ1n) is 7.57. The van der Waals surface area contributed by atoms with Gasteiger partial charge in [-0.05, 0) is 31.8 Å². The SMILES string of the molecule is COCCN1CCC(CN(C)C(=O)C2C=CCN2)CC1. The van der Waals surface area contributed by atoms with Gasteiger partial charge in [0, 0.05) is 33.8 Å². The van der Waals surface area contributed by atoms with Crippen LogP contribution in [0.25, 0.3) is 0 Å². The fraction of sp³-hybridized carbons (Fsp3) is 0.800. The van der Waals surface area contributed by atoms with Gasteiger partial charge in [0.05, 0.1) is 6.61 Å². The highest BCUT2D eigenvalue weighted by Crippen LogP contribution is 2.18. The van der Waals surface area contributed by atoms with Gasteiger partial charge in [0.15, 0.2) is 0 Å². The molecule has 0 bridgehead atoms. The number of likely N-dealkylation sites (tertiary alicyclic amines) is 1. The second kappa shape index (κ2) is 7.76. The van der Waals surface area contributed by atoms with Gasteiger partial charge < -0.3 is 14.5 Å². The zero-order chi connectivity index (χ0) is 14.4. The number of nitrogens with zero attached hydrogens (tertiary/aromatic N) is 2. The fourth-order valence-corrected chi connectivity index (χ4v) is 2.96. The topological polar surface area (TPSA) is 44.8 Å². The number of amides is 1. The van der Waals surface area contributed by atoms with Crippen LogP contribution < -0.4 is 5.32 Å². The van der Waals surface area contributed by atoms with E-state index in [9.17, 15) is 4.79 Å². The smallest absolute Gasteiger partial charge is 0.243 e. The maximum atomic E-state index is 12.2. The van der Waals surface area contributed by atoms with Crippen molar-refractivity contribution in [1.29, 1.82) is 0 Å². The molecule has 0 saturated carbocycles. The number of hydrogen-bond acceptors (Lipinski definition) is 4. The summed E-state index contributed by atoms with van der Waals surface area (Å²) in [6.07, 6.45) is 6.33. The molecule has 2 heterocycles. The standard InChI is InChI=1S/C15H27N3O2/c1-17(15(19)14-4-3-7-16-14)12-13-5-8-18(9-6-13)10-11-20-2/h3-4,13-14,16H,5-12H2,1-2H3. The molecular weight excluding hydrogens is 254 g/mol. The first-order valence-corrected chi connectivity index (χ1v) is 7.57. The molecule has 1 atom stereocenters. The lowest BCUT2D eigenvalue weighted by atomic mass is 9.96. The highest BCUT2D eigenvalue weighted by Gasteiger charge is 2.25. The quantitative estimate of drug-likeness (QED) is 0.713. The van der Waals surface area contributed by atoms with Gasteiger partial charge in [0.25, 0.3) is 0 Å². The molecule has 114 valence electrons. The first kappa shape index (κ1) is 15.5. The van der Waals surface area contributed by atoms with Crippen LogP contribution in [0.4, 0.5) is 0 Å². The number of hydrogen-bond donors (Lipinski definition) is 1. The second-order valence-corrected chi connectivity index (χ2v) is 5.81. The molecule has 5 nitrogen and oxygen atoms in total. The van der Waals surface area contributed by atoms with Crippen LogP contribution in [0.3, 0.4) is 0 Å². The van der Waals surface area contributed by atoms with Crippen LogP contribution in [0, 0.1) is 5.92 Å². The molecule has 0 spiro atoms. The molecule has 0 radical (unpaired) electrons. The Balaban J connectivity index is 1.69. The third-order valence-corrected chi connectivity index (χ3v) is 4.28. The van der Waals surface area contributed by atoms with Gasteiger partial charge in [-0.3, -0.25) is 10.1 Å². The molecule has 0 aliphatic carbocycles. The van der Waals surface area contributed by atoms with Crippen molar-refractivity contribution in [3.63, 3.8) is 0 Å². The number of carbonyl (C=O) groups is 1. The maximum Gasteiger partial charge on any atom is 0.243 e. The molecule has 2 aliphatic rings. The van der Waals surface area contributed by atoms with Gasteiger partial charge in [-0.2, -0.15) is 0 Å². The van der Waals surface area contributed by atoms with Crippen molar-refractivity contribution in [3.8, 4) is 0 Å². The Bertz CT molecular complexity index is 338. The number of rotatable bonds is 6. The Kier molecular flexibility index (Phi) is 6.01. The van der Waals surface area contributed by atoms with Gasteiger partial charge in [-0.15, -0.1) is 0 Å². The van der Waals surface area contributed by atoms with E-state index in [1.54, 1.807) is 7.11 Å². The highest BCUT2D eigenvalue weighted by atomic mass is 16.5. The zero-order valence-electron chi connectivity index (χ0n) is 12.7. The maximum absolute atomic E-state index is 12.2. The predicted octanol–water partition coefficient (Wildman–Crippen LogP) is 0.331. The van der Waals surface area contributed by atoms with E-state index in [0.29, 0.717) is 5.92 Å². The van der Waals surface area contributed by atoms with E-state index in [-0.39, 0.29) is 11.9 Å². The van der Waals surface area contributed by atoms with Crippen molar-refractivity contribution in [2.75, 3.05) is 53.5 Å². The summed E-state index contributed by atoms with van der Waals surface area (Å²) in [6.45, 7) is 5.76. The Morgan fingerprint density at radius 3 is 2.80 bits per heavy atom. The molecule has 1 fully saturated rings. The predicted molar refractivity (Wildman–Crippen MR) is 79.6 cm³/mol. The third-order valence-electron chi connectivity index (χ3n) is 4.28. The summed E-state index contributed by atoms with van der Waals surface area (Å²) < 4.78 is 5.12. The van der Waals surface area contributed by atoms with Crippen molar-refractivity contribution >= 4 is 5.91 Å². The van der Waals surface area contributed by atoms with Crippen molar-refractivity contribution in [2.24, 2.45) is 5.92 Å². The minimum atomic E-state index is -0.109. The summed E-state index contributed by atoms with van der Waals surface area (Å²) in [5, 5.41) is 3.18. The van der Waals surface area contributed by atoms with Crippen LogP contribution in [0.5, 0.6) is 0 Å². The molecule has 1 N–H and O–H groups in total. The number of piperidine rings is 1. The first-order chi connectivity index (χ1) is 9.70. The van der Waals surface area contributed by atoms with Crippen LogP contribution in [0.2, 0.25) is 0 Å². The number of ether oxygens (including phenoxy) is 1. The van der Waals surface area contributed by atoms with Gasteiger partial charge in [0.2, 0.25) is 5.91 Å². The van der Waals surface area contributed by atoms with E-state index in [1.807, 2.05) is 24.1 Å². The minimum Gasteiger partial charge on any atom is -0.383 e. The fourth-order valence-electron chi connectivity index (χ4n) is 2.96. The van der Waals surface area contributed by atoms with Gasteiger partial charge in [0.1, 0.15) is 6.04 Å². The van der Waals surface area contributed by atoms with Crippen LogP contribution in [0.1, 0.15) is 12.8 Å². The number of likely N-dealkylation sites (N-methyl/N-ethyl adjacent to an activating group) is 1. The second-order valence-electron chi connectivity index (χ2n) is 5.81. The third kappa shape index (κ3) is 4.30. The molecule has 0 aromatic rings. The lowest BCUT2D eigenvalue weighted by Gasteiger charge is -2.34. The van der Waals surface area contributed by atoms with Crippen LogP contribution in [-0.4, -0.2) is 75.2 Å². The largest absolute Gasteiger partial charge is 0.383 e. The van der Waals surface area contributed by atoms with E-state index < -0.39 is 0 Å². The minimum absolute atomic E-state index is 0.109.